The summed E-state index contributed by atoms with van der Waals surface area (Å²) < 4.78 is 19.3. The summed E-state index contributed by atoms with van der Waals surface area (Å²) in [7, 11) is 1.59. The van der Waals surface area contributed by atoms with E-state index in [1.165, 1.54) is 11.0 Å². The maximum atomic E-state index is 13.6. The minimum atomic E-state index is -0.569. The second kappa shape index (κ2) is 6.66. The van der Waals surface area contributed by atoms with E-state index in [0.717, 1.165) is 5.56 Å². The number of hydrogen-bond donors (Lipinski definition) is 0. The fraction of sp³-hybridized carbons (Fsp3) is 0.294. The Bertz CT molecular complexity index is 712. The van der Waals surface area contributed by atoms with Gasteiger partial charge in [-0.25, -0.2) is 14.2 Å². The molecule has 0 atom stereocenters. The van der Waals surface area contributed by atoms with Gasteiger partial charge >= 0.3 is 6.09 Å². The molecule has 2 rings (SSSR count). The SMILES string of the molecule is CN(C(=O)OC(C)(C)C)c1ccc(-c2ccc(Br)c(F)c2)cn1. The predicted molar refractivity (Wildman–Crippen MR) is 92.0 cm³/mol. The molecule has 0 aliphatic rings. The maximum absolute atomic E-state index is 13.6. The smallest absolute Gasteiger partial charge is 0.415 e. The molecule has 1 aromatic heterocycles. The van der Waals surface area contributed by atoms with Crippen LogP contribution in [0.1, 0.15) is 20.8 Å². The van der Waals surface area contributed by atoms with Gasteiger partial charge in [-0.2, -0.15) is 0 Å². The molecule has 0 aliphatic heterocycles. The molecule has 6 heteroatoms. The third-order valence-corrected chi connectivity index (χ3v) is 3.65. The highest BCUT2D eigenvalue weighted by atomic mass is 79.9. The minimum absolute atomic E-state index is 0.336. The molecule has 0 saturated carbocycles. The predicted octanol–water partition coefficient (Wildman–Crippen LogP) is 5.02. The van der Waals surface area contributed by atoms with Crippen LogP contribution in [0.4, 0.5) is 15.0 Å². The Balaban J connectivity index is 2.18. The number of amides is 1. The second-order valence-corrected chi connectivity index (χ2v) is 6.93. The lowest BCUT2D eigenvalue weighted by Crippen LogP contribution is -2.34. The van der Waals surface area contributed by atoms with Crippen LogP contribution in [0.2, 0.25) is 0 Å². The van der Waals surface area contributed by atoms with E-state index in [2.05, 4.69) is 20.9 Å². The molecule has 122 valence electrons. The van der Waals surface area contributed by atoms with Gasteiger partial charge < -0.3 is 4.74 Å². The van der Waals surface area contributed by atoms with Gasteiger partial charge in [0.1, 0.15) is 17.2 Å². The van der Waals surface area contributed by atoms with E-state index >= 15 is 0 Å². The zero-order chi connectivity index (χ0) is 17.2. The minimum Gasteiger partial charge on any atom is -0.443 e. The molecular formula is C17H18BrFN2O2. The van der Waals surface area contributed by atoms with E-state index in [9.17, 15) is 9.18 Å². The summed E-state index contributed by atoms with van der Waals surface area (Å²) in [5, 5.41) is 0. The quantitative estimate of drug-likeness (QED) is 0.734. The van der Waals surface area contributed by atoms with Crippen LogP contribution in [0, 0.1) is 5.82 Å². The van der Waals surface area contributed by atoms with Gasteiger partial charge in [-0.05, 0) is 66.5 Å². The van der Waals surface area contributed by atoms with Crippen molar-refractivity contribution in [1.29, 1.82) is 0 Å². The molecule has 4 nitrogen and oxygen atoms in total. The maximum Gasteiger partial charge on any atom is 0.415 e. The van der Waals surface area contributed by atoms with Crippen molar-refractivity contribution in [2.24, 2.45) is 0 Å². The van der Waals surface area contributed by atoms with Crippen LogP contribution >= 0.6 is 15.9 Å². The van der Waals surface area contributed by atoms with Gasteiger partial charge in [-0.3, -0.25) is 4.90 Å². The molecule has 0 spiro atoms. The van der Waals surface area contributed by atoms with Crippen LogP contribution in [0.25, 0.3) is 11.1 Å². The molecule has 1 heterocycles. The first-order valence-corrected chi connectivity index (χ1v) is 7.85. The van der Waals surface area contributed by atoms with E-state index in [1.54, 1.807) is 58.3 Å². The van der Waals surface area contributed by atoms with Crippen molar-refractivity contribution in [3.63, 3.8) is 0 Å². The molecule has 0 bridgehead atoms. The van der Waals surface area contributed by atoms with Crippen molar-refractivity contribution in [3.05, 3.63) is 46.8 Å². The summed E-state index contributed by atoms with van der Waals surface area (Å²) in [5.74, 6) is 0.123. The summed E-state index contributed by atoms with van der Waals surface area (Å²) in [4.78, 5) is 17.6. The Kier molecular flexibility index (Phi) is 5.04. The Hall–Kier alpha value is -1.95. The summed E-state index contributed by atoms with van der Waals surface area (Å²) in [6.45, 7) is 5.41. The highest BCUT2D eigenvalue weighted by molar-refractivity contribution is 9.10. The van der Waals surface area contributed by atoms with E-state index in [0.29, 0.717) is 15.9 Å². The monoisotopic (exact) mass is 380 g/mol. The number of pyridine rings is 1. The zero-order valence-corrected chi connectivity index (χ0v) is 15.0. The topological polar surface area (TPSA) is 42.4 Å². The van der Waals surface area contributed by atoms with Gasteiger partial charge in [-0.1, -0.05) is 6.07 Å². The van der Waals surface area contributed by atoms with Crippen molar-refractivity contribution in [1.82, 2.24) is 4.98 Å². The average Bonchev–Trinajstić information content (AvgIpc) is 2.48. The highest BCUT2D eigenvalue weighted by Crippen LogP contribution is 2.25. The summed E-state index contributed by atoms with van der Waals surface area (Å²) in [6.07, 6.45) is 1.12. The number of halogens is 2. The van der Waals surface area contributed by atoms with Crippen molar-refractivity contribution in [2.75, 3.05) is 11.9 Å². The molecule has 0 unspecified atom stereocenters. The van der Waals surface area contributed by atoms with E-state index in [-0.39, 0.29) is 5.82 Å². The number of nitrogens with zero attached hydrogens (tertiary/aromatic N) is 2. The normalized spacial score (nSPS) is 11.2. The molecule has 1 aromatic carbocycles. The van der Waals surface area contributed by atoms with Gasteiger partial charge in [0.15, 0.2) is 0 Å². The Morgan fingerprint density at radius 1 is 1.22 bits per heavy atom. The number of anilines is 1. The van der Waals surface area contributed by atoms with E-state index < -0.39 is 11.7 Å². The van der Waals surface area contributed by atoms with Crippen molar-refractivity contribution < 1.29 is 13.9 Å². The molecule has 1 amide bonds. The van der Waals surface area contributed by atoms with Crippen LogP contribution in [-0.4, -0.2) is 23.7 Å². The van der Waals surface area contributed by atoms with Crippen molar-refractivity contribution >= 4 is 27.8 Å². The van der Waals surface area contributed by atoms with Gasteiger partial charge in [0.05, 0.1) is 4.47 Å². The van der Waals surface area contributed by atoms with E-state index in [1.807, 2.05) is 0 Å². The lowest BCUT2D eigenvalue weighted by molar-refractivity contribution is 0.0588. The fourth-order valence-electron chi connectivity index (χ4n) is 1.85. The first kappa shape index (κ1) is 17.4. The highest BCUT2D eigenvalue weighted by Gasteiger charge is 2.21. The lowest BCUT2D eigenvalue weighted by Gasteiger charge is -2.24. The Morgan fingerprint density at radius 2 is 1.87 bits per heavy atom. The molecular weight excluding hydrogens is 363 g/mol. The Morgan fingerprint density at radius 3 is 2.39 bits per heavy atom. The fourth-order valence-corrected chi connectivity index (χ4v) is 2.10. The number of hydrogen-bond acceptors (Lipinski definition) is 3. The summed E-state index contributed by atoms with van der Waals surface area (Å²) in [5.41, 5.74) is 0.905. The molecule has 0 saturated heterocycles. The largest absolute Gasteiger partial charge is 0.443 e. The number of rotatable bonds is 2. The molecule has 0 radical (unpaired) electrons. The molecule has 0 aliphatic carbocycles. The van der Waals surface area contributed by atoms with Crippen LogP contribution in [0.15, 0.2) is 41.0 Å². The van der Waals surface area contributed by atoms with E-state index in [4.69, 9.17) is 4.74 Å². The van der Waals surface area contributed by atoms with Crippen LogP contribution in [0.5, 0.6) is 0 Å². The van der Waals surface area contributed by atoms with Crippen LogP contribution < -0.4 is 4.90 Å². The lowest BCUT2D eigenvalue weighted by atomic mass is 10.1. The third kappa shape index (κ3) is 4.51. The standard InChI is InChI=1S/C17H18BrFN2O2/c1-17(2,3)23-16(22)21(4)15-8-6-12(10-20-15)11-5-7-13(18)14(19)9-11/h5-10H,1-4H3. The first-order chi connectivity index (χ1) is 10.7. The number of carbonyl (C=O) groups is 1. The van der Waals surface area contributed by atoms with Gasteiger partial charge in [-0.15, -0.1) is 0 Å². The zero-order valence-electron chi connectivity index (χ0n) is 13.4. The molecule has 0 N–H and O–H groups in total. The number of benzene rings is 1. The molecule has 2 aromatic rings. The first-order valence-electron chi connectivity index (χ1n) is 7.05. The second-order valence-electron chi connectivity index (χ2n) is 6.07. The van der Waals surface area contributed by atoms with Crippen molar-refractivity contribution in [3.8, 4) is 11.1 Å². The molecule has 23 heavy (non-hydrogen) atoms. The van der Waals surface area contributed by atoms with Gasteiger partial charge in [0.25, 0.3) is 0 Å². The average molecular weight is 381 g/mol. The van der Waals surface area contributed by atoms with Gasteiger partial charge in [0, 0.05) is 18.8 Å². The van der Waals surface area contributed by atoms with Crippen molar-refractivity contribution in [2.45, 2.75) is 26.4 Å². The number of aromatic nitrogens is 1. The summed E-state index contributed by atoms with van der Waals surface area (Å²) in [6, 6.07) is 8.34. The number of carbonyl (C=O) groups excluding carboxylic acids is 1. The summed E-state index contributed by atoms with van der Waals surface area (Å²) >= 11 is 3.12. The third-order valence-electron chi connectivity index (χ3n) is 3.01. The number of ether oxygens (including phenoxy) is 1. The van der Waals surface area contributed by atoms with Crippen LogP contribution in [-0.2, 0) is 4.74 Å². The van der Waals surface area contributed by atoms with Crippen LogP contribution in [0.3, 0.4) is 0 Å². The van der Waals surface area contributed by atoms with Gasteiger partial charge in [0.2, 0.25) is 0 Å². The molecule has 0 fully saturated rings. The Labute approximate surface area is 143 Å².